The second kappa shape index (κ2) is 5.88. The molecule has 0 spiro atoms. The van der Waals surface area contributed by atoms with Crippen LogP contribution in [-0.4, -0.2) is 16.2 Å². The Morgan fingerprint density at radius 3 is 1.90 bits per heavy atom. The lowest BCUT2D eigenvalue weighted by molar-refractivity contribution is -0.292. The quantitative estimate of drug-likeness (QED) is 0.828. The second-order valence-corrected chi connectivity index (χ2v) is 5.71. The summed E-state index contributed by atoms with van der Waals surface area (Å²) in [4.78, 5) is 0. The number of hydrogen-bond donors (Lipinski definition) is 2. The molecule has 2 aromatic rings. The smallest absolute Gasteiger partial charge is 0.321 e. The molecule has 0 saturated carbocycles. The van der Waals surface area contributed by atoms with Crippen LogP contribution < -0.4 is 4.74 Å². The Labute approximate surface area is 125 Å². The maximum atomic E-state index is 9.52. The minimum atomic E-state index is -2.11. The predicted molar refractivity (Wildman–Crippen MR) is 83.1 cm³/mol. The van der Waals surface area contributed by atoms with E-state index >= 15 is 0 Å². The van der Waals surface area contributed by atoms with Gasteiger partial charge in [0.2, 0.25) is 0 Å². The number of ether oxygens (including phenoxy) is 1. The fraction of sp³-hybridized carbons (Fsp3) is 0.333. The van der Waals surface area contributed by atoms with Gasteiger partial charge in [-0.05, 0) is 23.3 Å². The molecule has 0 amide bonds. The largest absolute Gasteiger partial charge is 0.439 e. The van der Waals surface area contributed by atoms with Crippen molar-refractivity contribution in [2.45, 2.75) is 38.6 Å². The molecule has 0 aliphatic carbocycles. The van der Waals surface area contributed by atoms with E-state index in [9.17, 15) is 10.2 Å². The maximum absolute atomic E-state index is 9.52. The van der Waals surface area contributed by atoms with Gasteiger partial charge < -0.3 is 14.9 Å². The SMILES string of the molecule is CCC(O)(O)Oc1ccc(C(C)(C)c2ccccc2)cc1. The first-order chi connectivity index (χ1) is 9.85. The summed E-state index contributed by atoms with van der Waals surface area (Å²) < 4.78 is 5.14. The van der Waals surface area contributed by atoms with Crippen molar-refractivity contribution in [3.05, 3.63) is 65.7 Å². The molecule has 0 aliphatic heterocycles. The maximum Gasteiger partial charge on any atom is 0.321 e. The van der Waals surface area contributed by atoms with Gasteiger partial charge in [-0.3, -0.25) is 0 Å². The molecule has 2 aromatic carbocycles. The molecule has 0 aliphatic rings. The first-order valence-electron chi connectivity index (χ1n) is 7.15. The highest BCUT2D eigenvalue weighted by Crippen LogP contribution is 2.32. The van der Waals surface area contributed by atoms with E-state index < -0.39 is 5.97 Å². The number of rotatable bonds is 5. The predicted octanol–water partition coefficient (Wildman–Crippen LogP) is 3.44. The molecule has 112 valence electrons. The van der Waals surface area contributed by atoms with Crippen LogP contribution in [-0.2, 0) is 5.41 Å². The molecular weight excluding hydrogens is 264 g/mol. The van der Waals surface area contributed by atoms with E-state index in [4.69, 9.17) is 4.74 Å². The summed E-state index contributed by atoms with van der Waals surface area (Å²) in [5, 5.41) is 19.0. The summed E-state index contributed by atoms with van der Waals surface area (Å²) in [6, 6.07) is 17.7. The van der Waals surface area contributed by atoms with Gasteiger partial charge in [0.25, 0.3) is 0 Å². The minimum absolute atomic E-state index is 0.101. The monoisotopic (exact) mass is 286 g/mol. The lowest BCUT2D eigenvalue weighted by Crippen LogP contribution is -2.34. The third kappa shape index (κ3) is 3.63. The van der Waals surface area contributed by atoms with E-state index in [1.54, 1.807) is 19.1 Å². The molecule has 0 radical (unpaired) electrons. The van der Waals surface area contributed by atoms with Crippen LogP contribution in [0, 0.1) is 0 Å². The van der Waals surface area contributed by atoms with Gasteiger partial charge >= 0.3 is 5.97 Å². The fourth-order valence-corrected chi connectivity index (χ4v) is 2.22. The van der Waals surface area contributed by atoms with Gasteiger partial charge in [-0.25, -0.2) is 0 Å². The van der Waals surface area contributed by atoms with Gasteiger partial charge in [0.15, 0.2) is 0 Å². The molecule has 0 fully saturated rings. The van der Waals surface area contributed by atoms with Gasteiger partial charge in [-0.15, -0.1) is 0 Å². The van der Waals surface area contributed by atoms with Crippen LogP contribution in [0.25, 0.3) is 0 Å². The molecule has 21 heavy (non-hydrogen) atoms. The van der Waals surface area contributed by atoms with Gasteiger partial charge in [-0.1, -0.05) is 63.2 Å². The van der Waals surface area contributed by atoms with Gasteiger partial charge in [0.1, 0.15) is 5.75 Å². The van der Waals surface area contributed by atoms with E-state index in [2.05, 4.69) is 26.0 Å². The van der Waals surface area contributed by atoms with Crippen molar-refractivity contribution in [2.75, 3.05) is 0 Å². The molecule has 0 bridgehead atoms. The molecule has 2 N–H and O–H groups in total. The summed E-state index contributed by atoms with van der Waals surface area (Å²) in [5.41, 5.74) is 2.24. The minimum Gasteiger partial charge on any atom is -0.439 e. The van der Waals surface area contributed by atoms with E-state index in [0.29, 0.717) is 5.75 Å². The Hall–Kier alpha value is -1.84. The summed E-state index contributed by atoms with van der Waals surface area (Å²) in [7, 11) is 0. The third-order valence-corrected chi connectivity index (χ3v) is 3.81. The van der Waals surface area contributed by atoms with Crippen molar-refractivity contribution in [1.29, 1.82) is 0 Å². The fourth-order valence-electron chi connectivity index (χ4n) is 2.22. The molecular formula is C18H22O3. The Morgan fingerprint density at radius 2 is 1.38 bits per heavy atom. The Kier molecular flexibility index (Phi) is 4.35. The van der Waals surface area contributed by atoms with E-state index in [1.807, 2.05) is 30.3 Å². The molecule has 3 heteroatoms. The van der Waals surface area contributed by atoms with E-state index in [1.165, 1.54) is 5.56 Å². The molecule has 0 unspecified atom stereocenters. The number of hydrogen-bond acceptors (Lipinski definition) is 3. The van der Waals surface area contributed by atoms with Crippen LogP contribution in [0.1, 0.15) is 38.3 Å². The average Bonchev–Trinajstić information content (AvgIpc) is 2.48. The zero-order chi connectivity index (χ0) is 15.5. The first-order valence-corrected chi connectivity index (χ1v) is 7.15. The van der Waals surface area contributed by atoms with Crippen molar-refractivity contribution >= 4 is 0 Å². The summed E-state index contributed by atoms with van der Waals surface area (Å²) in [6.07, 6.45) is 0.101. The van der Waals surface area contributed by atoms with Crippen molar-refractivity contribution in [3.63, 3.8) is 0 Å². The summed E-state index contributed by atoms with van der Waals surface area (Å²) in [6.45, 7) is 5.96. The molecule has 0 saturated heterocycles. The standard InChI is InChI=1S/C18H22O3/c1-4-18(19,20)21-16-12-10-15(11-13-16)17(2,3)14-8-6-5-7-9-14/h5-13,19-20H,4H2,1-3H3. The van der Waals surface area contributed by atoms with Crippen LogP contribution in [0.15, 0.2) is 54.6 Å². The molecule has 3 nitrogen and oxygen atoms in total. The number of aliphatic hydroxyl groups is 2. The zero-order valence-corrected chi connectivity index (χ0v) is 12.7. The van der Waals surface area contributed by atoms with E-state index in [0.717, 1.165) is 5.56 Å². The van der Waals surface area contributed by atoms with Gasteiger partial charge in [-0.2, -0.15) is 0 Å². The molecule has 0 aromatic heterocycles. The van der Waals surface area contributed by atoms with Crippen LogP contribution in [0.3, 0.4) is 0 Å². The normalized spacial score (nSPS) is 12.2. The second-order valence-electron chi connectivity index (χ2n) is 5.71. The highest BCUT2D eigenvalue weighted by atomic mass is 16.8. The van der Waals surface area contributed by atoms with Crippen molar-refractivity contribution in [1.82, 2.24) is 0 Å². The lowest BCUT2D eigenvalue weighted by Gasteiger charge is -2.27. The Morgan fingerprint density at radius 1 is 0.857 bits per heavy atom. The highest BCUT2D eigenvalue weighted by molar-refractivity contribution is 5.39. The average molecular weight is 286 g/mol. The van der Waals surface area contributed by atoms with Gasteiger partial charge in [0, 0.05) is 11.8 Å². The summed E-state index contributed by atoms with van der Waals surface area (Å²) >= 11 is 0. The summed E-state index contributed by atoms with van der Waals surface area (Å²) in [5.74, 6) is -1.68. The zero-order valence-electron chi connectivity index (χ0n) is 12.7. The number of benzene rings is 2. The first kappa shape index (κ1) is 15.5. The van der Waals surface area contributed by atoms with Crippen molar-refractivity contribution in [3.8, 4) is 5.75 Å². The Balaban J connectivity index is 2.23. The Bertz CT molecular complexity index is 571. The van der Waals surface area contributed by atoms with Crippen molar-refractivity contribution in [2.24, 2.45) is 0 Å². The van der Waals surface area contributed by atoms with Crippen molar-refractivity contribution < 1.29 is 14.9 Å². The highest BCUT2D eigenvalue weighted by Gasteiger charge is 2.25. The molecule has 0 atom stereocenters. The van der Waals surface area contributed by atoms with Crippen LogP contribution >= 0.6 is 0 Å². The molecule has 2 rings (SSSR count). The van der Waals surface area contributed by atoms with Crippen LogP contribution in [0.5, 0.6) is 5.75 Å². The van der Waals surface area contributed by atoms with Crippen LogP contribution in [0.4, 0.5) is 0 Å². The van der Waals surface area contributed by atoms with Crippen LogP contribution in [0.2, 0.25) is 0 Å². The van der Waals surface area contributed by atoms with Gasteiger partial charge in [0.05, 0.1) is 0 Å². The lowest BCUT2D eigenvalue weighted by atomic mass is 9.78. The topological polar surface area (TPSA) is 49.7 Å². The van der Waals surface area contributed by atoms with E-state index in [-0.39, 0.29) is 11.8 Å². The molecule has 0 heterocycles. The third-order valence-electron chi connectivity index (χ3n) is 3.81.